The van der Waals surface area contributed by atoms with Crippen molar-refractivity contribution in [1.82, 2.24) is 5.32 Å². The van der Waals surface area contributed by atoms with Crippen molar-refractivity contribution < 1.29 is 17.9 Å². The molecule has 1 aromatic rings. The first-order valence-electron chi connectivity index (χ1n) is 7.12. The lowest BCUT2D eigenvalue weighted by Gasteiger charge is -2.27. The second-order valence-corrected chi connectivity index (χ2v) is 5.53. The van der Waals surface area contributed by atoms with Gasteiger partial charge in [-0.25, -0.2) is 0 Å². The predicted molar refractivity (Wildman–Crippen MR) is 76.5 cm³/mol. The van der Waals surface area contributed by atoms with Crippen LogP contribution in [-0.2, 0) is 10.9 Å². The summed E-state index contributed by atoms with van der Waals surface area (Å²) in [5, 5.41) is 6.52. The predicted octanol–water partition coefficient (Wildman–Crippen LogP) is 3.19. The topological polar surface area (TPSA) is 33.3 Å². The maximum Gasteiger partial charge on any atom is 0.416 e. The number of nitrogens with one attached hydrogen (secondary N) is 2. The summed E-state index contributed by atoms with van der Waals surface area (Å²) < 4.78 is 43.6. The highest BCUT2D eigenvalue weighted by molar-refractivity contribution is 5.53. The van der Waals surface area contributed by atoms with Crippen LogP contribution in [0.15, 0.2) is 18.2 Å². The Balaban J connectivity index is 2.00. The van der Waals surface area contributed by atoms with Gasteiger partial charge < -0.3 is 15.4 Å². The zero-order chi connectivity index (χ0) is 15.5. The summed E-state index contributed by atoms with van der Waals surface area (Å²) in [6.45, 7) is 5.95. The fourth-order valence-corrected chi connectivity index (χ4v) is 2.48. The molecule has 2 rings (SSSR count). The third kappa shape index (κ3) is 4.61. The fraction of sp³-hybridized carbons (Fsp3) is 0.600. The Morgan fingerprint density at radius 3 is 2.81 bits per heavy atom. The molecule has 1 aromatic carbocycles. The van der Waals surface area contributed by atoms with Crippen LogP contribution in [0.2, 0.25) is 0 Å². The van der Waals surface area contributed by atoms with Crippen molar-refractivity contribution in [2.75, 3.05) is 25.1 Å². The molecule has 0 radical (unpaired) electrons. The molecule has 1 saturated heterocycles. The molecule has 0 aromatic heterocycles. The Hall–Kier alpha value is -1.27. The Kier molecular flexibility index (Phi) is 5.11. The molecule has 0 aliphatic carbocycles. The van der Waals surface area contributed by atoms with Crippen molar-refractivity contribution in [1.29, 1.82) is 0 Å². The molecular formula is C15H21F3N2O. The van der Waals surface area contributed by atoms with Crippen LogP contribution in [0.5, 0.6) is 0 Å². The summed E-state index contributed by atoms with van der Waals surface area (Å²) in [6, 6.07) is 4.09. The summed E-state index contributed by atoms with van der Waals surface area (Å²) in [4.78, 5) is 0. The number of morpholine rings is 1. The van der Waals surface area contributed by atoms with Crippen LogP contribution in [0.25, 0.3) is 0 Å². The quantitative estimate of drug-likeness (QED) is 0.896. The highest BCUT2D eigenvalue weighted by Crippen LogP contribution is 2.32. The molecule has 0 bridgehead atoms. The summed E-state index contributed by atoms with van der Waals surface area (Å²) >= 11 is 0. The van der Waals surface area contributed by atoms with Crippen molar-refractivity contribution in [3.05, 3.63) is 29.3 Å². The molecule has 1 aliphatic rings. The van der Waals surface area contributed by atoms with E-state index in [-0.39, 0.29) is 12.1 Å². The van der Waals surface area contributed by atoms with Gasteiger partial charge in [-0.05, 0) is 38.0 Å². The normalized spacial score (nSPS) is 21.1. The fourth-order valence-electron chi connectivity index (χ4n) is 2.48. The number of hydrogen-bond donors (Lipinski definition) is 2. The molecule has 3 nitrogen and oxygen atoms in total. The SMILES string of the molecule is Cc1ccc(C(F)(F)F)cc1NC(C)CC1COCCN1. The summed E-state index contributed by atoms with van der Waals surface area (Å²) in [6.07, 6.45) is -3.51. The first-order valence-corrected chi connectivity index (χ1v) is 7.12. The number of ether oxygens (including phenoxy) is 1. The van der Waals surface area contributed by atoms with Gasteiger partial charge in [0.2, 0.25) is 0 Å². The first kappa shape index (κ1) is 16.1. The van der Waals surface area contributed by atoms with E-state index in [1.54, 1.807) is 6.92 Å². The Labute approximate surface area is 122 Å². The second-order valence-electron chi connectivity index (χ2n) is 5.53. The van der Waals surface area contributed by atoms with Crippen molar-refractivity contribution in [3.63, 3.8) is 0 Å². The van der Waals surface area contributed by atoms with Gasteiger partial charge in [-0.15, -0.1) is 0 Å². The first-order chi connectivity index (χ1) is 9.86. The van der Waals surface area contributed by atoms with E-state index in [9.17, 15) is 13.2 Å². The van der Waals surface area contributed by atoms with Gasteiger partial charge in [-0.1, -0.05) is 6.07 Å². The molecule has 2 atom stereocenters. The highest BCUT2D eigenvalue weighted by Gasteiger charge is 2.31. The Morgan fingerprint density at radius 1 is 1.43 bits per heavy atom. The average Bonchev–Trinajstić information content (AvgIpc) is 2.41. The lowest BCUT2D eigenvalue weighted by atomic mass is 10.1. The van der Waals surface area contributed by atoms with Crippen molar-refractivity contribution in [2.24, 2.45) is 0 Å². The van der Waals surface area contributed by atoms with Gasteiger partial charge in [0, 0.05) is 24.3 Å². The minimum absolute atomic E-state index is 0.0615. The van der Waals surface area contributed by atoms with Gasteiger partial charge in [0.15, 0.2) is 0 Å². The zero-order valence-electron chi connectivity index (χ0n) is 12.3. The lowest BCUT2D eigenvalue weighted by Crippen LogP contribution is -2.43. The van der Waals surface area contributed by atoms with Crippen LogP contribution in [0.4, 0.5) is 18.9 Å². The van der Waals surface area contributed by atoms with Gasteiger partial charge in [0.05, 0.1) is 18.8 Å². The molecule has 2 N–H and O–H groups in total. The van der Waals surface area contributed by atoms with E-state index in [2.05, 4.69) is 10.6 Å². The van der Waals surface area contributed by atoms with Crippen molar-refractivity contribution in [2.45, 2.75) is 38.5 Å². The van der Waals surface area contributed by atoms with Crippen LogP contribution >= 0.6 is 0 Å². The van der Waals surface area contributed by atoms with Crippen molar-refractivity contribution >= 4 is 5.69 Å². The third-order valence-corrected chi connectivity index (χ3v) is 3.60. The van der Waals surface area contributed by atoms with Gasteiger partial charge >= 0.3 is 6.18 Å². The van der Waals surface area contributed by atoms with E-state index in [1.165, 1.54) is 12.1 Å². The van der Waals surface area contributed by atoms with E-state index in [0.29, 0.717) is 18.9 Å². The van der Waals surface area contributed by atoms with E-state index in [1.807, 2.05) is 6.92 Å². The average molecular weight is 302 g/mol. The van der Waals surface area contributed by atoms with E-state index in [4.69, 9.17) is 4.74 Å². The molecular weight excluding hydrogens is 281 g/mol. The number of hydrogen-bond acceptors (Lipinski definition) is 3. The summed E-state index contributed by atoms with van der Waals surface area (Å²) in [7, 11) is 0. The van der Waals surface area contributed by atoms with E-state index in [0.717, 1.165) is 24.6 Å². The zero-order valence-corrected chi connectivity index (χ0v) is 12.3. The molecule has 2 unspecified atom stereocenters. The number of anilines is 1. The summed E-state index contributed by atoms with van der Waals surface area (Å²) in [5.74, 6) is 0. The molecule has 1 fully saturated rings. The van der Waals surface area contributed by atoms with Gasteiger partial charge in [-0.2, -0.15) is 13.2 Å². The number of benzene rings is 1. The number of aryl methyl sites for hydroxylation is 1. The Bertz CT molecular complexity index is 470. The molecule has 6 heteroatoms. The smallest absolute Gasteiger partial charge is 0.382 e. The molecule has 21 heavy (non-hydrogen) atoms. The molecule has 0 saturated carbocycles. The van der Waals surface area contributed by atoms with Gasteiger partial charge in [0.25, 0.3) is 0 Å². The standard InChI is InChI=1S/C15H21F3N2O/c1-10-3-4-12(15(16,17)18)8-14(10)20-11(2)7-13-9-21-6-5-19-13/h3-4,8,11,13,19-20H,5-7,9H2,1-2H3. The molecule has 0 amide bonds. The van der Waals surface area contributed by atoms with Crippen LogP contribution < -0.4 is 10.6 Å². The monoisotopic (exact) mass is 302 g/mol. The number of rotatable bonds is 4. The maximum atomic E-state index is 12.8. The van der Waals surface area contributed by atoms with Gasteiger partial charge in [0.1, 0.15) is 0 Å². The van der Waals surface area contributed by atoms with Crippen LogP contribution in [0.3, 0.4) is 0 Å². The lowest BCUT2D eigenvalue weighted by molar-refractivity contribution is -0.137. The summed E-state index contributed by atoms with van der Waals surface area (Å²) in [5.41, 5.74) is 0.721. The largest absolute Gasteiger partial charge is 0.416 e. The minimum Gasteiger partial charge on any atom is -0.382 e. The maximum absolute atomic E-state index is 12.8. The van der Waals surface area contributed by atoms with Crippen LogP contribution in [0, 0.1) is 6.92 Å². The van der Waals surface area contributed by atoms with Crippen LogP contribution in [-0.4, -0.2) is 31.8 Å². The van der Waals surface area contributed by atoms with E-state index >= 15 is 0 Å². The highest BCUT2D eigenvalue weighted by atomic mass is 19.4. The Morgan fingerprint density at radius 2 is 2.19 bits per heavy atom. The second kappa shape index (κ2) is 6.66. The number of halogens is 3. The van der Waals surface area contributed by atoms with Crippen molar-refractivity contribution in [3.8, 4) is 0 Å². The third-order valence-electron chi connectivity index (χ3n) is 3.60. The molecule has 1 heterocycles. The molecule has 1 aliphatic heterocycles. The molecule has 0 spiro atoms. The molecule has 118 valence electrons. The van der Waals surface area contributed by atoms with Gasteiger partial charge in [-0.3, -0.25) is 0 Å². The number of alkyl halides is 3. The van der Waals surface area contributed by atoms with Crippen LogP contribution in [0.1, 0.15) is 24.5 Å². The van der Waals surface area contributed by atoms with E-state index < -0.39 is 11.7 Å². The minimum atomic E-state index is -4.31.